The third kappa shape index (κ3) is 3.69. The summed E-state index contributed by atoms with van der Waals surface area (Å²) in [5.74, 6) is -0.879. The maximum Gasteiger partial charge on any atom is 0.311 e. The number of nitrogens with one attached hydrogen (secondary N) is 1. The van der Waals surface area contributed by atoms with Gasteiger partial charge in [-0.1, -0.05) is 30.3 Å². The number of hydrogen-bond donors (Lipinski definition) is 3. The first-order chi connectivity index (χ1) is 10.1. The van der Waals surface area contributed by atoms with E-state index in [-0.39, 0.29) is 11.3 Å². The monoisotopic (exact) mass is 287 g/mol. The highest BCUT2D eigenvalue weighted by molar-refractivity contribution is 5.85. The molecule has 2 aromatic rings. The van der Waals surface area contributed by atoms with Gasteiger partial charge in [-0.3, -0.25) is 10.1 Å². The fourth-order valence-electron chi connectivity index (χ4n) is 1.68. The molecule has 0 saturated heterocycles. The molecule has 0 unspecified atom stereocenters. The van der Waals surface area contributed by atoms with Gasteiger partial charge in [-0.05, 0) is 5.56 Å². The van der Waals surface area contributed by atoms with E-state index < -0.39 is 16.4 Å². The molecule has 0 aromatic heterocycles. The van der Waals surface area contributed by atoms with E-state index in [0.717, 1.165) is 17.7 Å². The molecule has 7 nitrogen and oxygen atoms in total. The number of rotatable bonds is 5. The maximum atomic E-state index is 10.7. The predicted molar refractivity (Wildman–Crippen MR) is 77.3 cm³/mol. The smallest absolute Gasteiger partial charge is 0.311 e. The molecule has 0 saturated carbocycles. The van der Waals surface area contributed by atoms with Gasteiger partial charge in [0.1, 0.15) is 5.75 Å². The van der Waals surface area contributed by atoms with E-state index in [0.29, 0.717) is 6.54 Å². The summed E-state index contributed by atoms with van der Waals surface area (Å²) >= 11 is 0. The van der Waals surface area contributed by atoms with Crippen LogP contribution in [0.25, 0.3) is 0 Å². The van der Waals surface area contributed by atoms with Crippen LogP contribution in [0.2, 0.25) is 0 Å². The second kappa shape index (κ2) is 6.38. The first kappa shape index (κ1) is 14.3. The molecule has 0 amide bonds. The zero-order chi connectivity index (χ0) is 15.2. The molecule has 2 aromatic carbocycles. The van der Waals surface area contributed by atoms with Gasteiger partial charge < -0.3 is 15.6 Å². The topological polar surface area (TPSA) is 108 Å². The third-order valence-electron chi connectivity index (χ3n) is 2.74. The summed E-state index contributed by atoms with van der Waals surface area (Å²) < 4.78 is 0. The van der Waals surface area contributed by atoms with Crippen molar-refractivity contribution in [2.45, 2.75) is 6.54 Å². The van der Waals surface area contributed by atoms with E-state index in [2.05, 4.69) is 10.5 Å². The summed E-state index contributed by atoms with van der Waals surface area (Å²) in [7, 11) is 0. The van der Waals surface area contributed by atoms with E-state index in [1.54, 1.807) is 0 Å². The number of hydrazone groups is 1. The number of nitro groups is 1. The van der Waals surface area contributed by atoms with E-state index in [4.69, 9.17) is 0 Å². The van der Waals surface area contributed by atoms with Crippen molar-refractivity contribution in [1.29, 1.82) is 0 Å². The Bertz CT molecular complexity index is 671. The van der Waals surface area contributed by atoms with Gasteiger partial charge in [0.05, 0.1) is 17.7 Å². The lowest BCUT2D eigenvalue weighted by molar-refractivity contribution is -0.385. The molecule has 0 bridgehead atoms. The molecule has 0 atom stereocenters. The minimum absolute atomic E-state index is 0.139. The zero-order valence-electron chi connectivity index (χ0n) is 10.9. The van der Waals surface area contributed by atoms with Crippen LogP contribution in [0.15, 0.2) is 47.6 Å². The standard InChI is InChI=1S/C14H13N3O4/c18-13-7-14(19)12(17(20)21)6-11(13)9-16-15-8-10-4-2-1-3-5-10/h1-7,9,15,18-19H,8H2. The molecular weight excluding hydrogens is 274 g/mol. The Morgan fingerprint density at radius 2 is 1.90 bits per heavy atom. The molecule has 0 radical (unpaired) electrons. The molecule has 0 aliphatic rings. The third-order valence-corrected chi connectivity index (χ3v) is 2.74. The maximum absolute atomic E-state index is 10.7. The second-order valence-electron chi connectivity index (χ2n) is 4.24. The summed E-state index contributed by atoms with van der Waals surface area (Å²) in [6.07, 6.45) is 1.25. The van der Waals surface area contributed by atoms with E-state index in [1.807, 2.05) is 30.3 Å². The van der Waals surface area contributed by atoms with Gasteiger partial charge in [-0.15, -0.1) is 0 Å². The fourth-order valence-corrected chi connectivity index (χ4v) is 1.68. The predicted octanol–water partition coefficient (Wildman–Crippen LogP) is 2.13. The molecular formula is C14H13N3O4. The van der Waals surface area contributed by atoms with Crippen molar-refractivity contribution in [3.05, 3.63) is 63.7 Å². The van der Waals surface area contributed by atoms with Crippen LogP contribution >= 0.6 is 0 Å². The van der Waals surface area contributed by atoms with Gasteiger partial charge in [0, 0.05) is 17.7 Å². The number of aromatic hydroxyl groups is 2. The van der Waals surface area contributed by atoms with Crippen molar-refractivity contribution in [2.24, 2.45) is 5.10 Å². The molecule has 0 spiro atoms. The Morgan fingerprint density at radius 3 is 2.57 bits per heavy atom. The number of nitrogens with zero attached hydrogens (tertiary/aromatic N) is 2. The van der Waals surface area contributed by atoms with Gasteiger partial charge in [-0.25, -0.2) is 0 Å². The van der Waals surface area contributed by atoms with Crippen LogP contribution in [0.3, 0.4) is 0 Å². The lowest BCUT2D eigenvalue weighted by atomic mass is 10.2. The summed E-state index contributed by atoms with van der Waals surface area (Å²) in [4.78, 5) is 9.97. The highest BCUT2D eigenvalue weighted by Gasteiger charge is 2.16. The van der Waals surface area contributed by atoms with Gasteiger partial charge in [-0.2, -0.15) is 5.10 Å². The molecule has 21 heavy (non-hydrogen) atoms. The van der Waals surface area contributed by atoms with Crippen LogP contribution in [-0.4, -0.2) is 21.4 Å². The Labute approximate surface area is 120 Å². The van der Waals surface area contributed by atoms with Gasteiger partial charge >= 0.3 is 5.69 Å². The normalized spacial score (nSPS) is 10.7. The van der Waals surface area contributed by atoms with Gasteiger partial charge in [0.15, 0.2) is 5.75 Å². The largest absolute Gasteiger partial charge is 0.507 e. The van der Waals surface area contributed by atoms with Crippen LogP contribution in [0.1, 0.15) is 11.1 Å². The van der Waals surface area contributed by atoms with E-state index in [1.165, 1.54) is 6.21 Å². The Morgan fingerprint density at radius 1 is 1.19 bits per heavy atom. The number of benzene rings is 2. The first-order valence-electron chi connectivity index (χ1n) is 6.08. The number of phenols is 2. The van der Waals surface area contributed by atoms with Gasteiger partial charge in [0.25, 0.3) is 0 Å². The van der Waals surface area contributed by atoms with E-state index in [9.17, 15) is 20.3 Å². The van der Waals surface area contributed by atoms with Crippen molar-refractivity contribution in [1.82, 2.24) is 5.43 Å². The average Bonchev–Trinajstić information content (AvgIpc) is 2.46. The zero-order valence-corrected chi connectivity index (χ0v) is 10.9. The van der Waals surface area contributed by atoms with Crippen LogP contribution < -0.4 is 5.43 Å². The lowest BCUT2D eigenvalue weighted by Gasteiger charge is -2.02. The summed E-state index contributed by atoms with van der Waals surface area (Å²) in [5.41, 5.74) is 3.44. The van der Waals surface area contributed by atoms with Crippen molar-refractivity contribution in [3.63, 3.8) is 0 Å². The SMILES string of the molecule is O=[N+]([O-])c1cc(C=NNCc2ccccc2)c(O)cc1O. The first-order valence-corrected chi connectivity index (χ1v) is 6.08. The second-order valence-corrected chi connectivity index (χ2v) is 4.24. The average molecular weight is 287 g/mol. The quantitative estimate of drug-likeness (QED) is 0.443. The van der Waals surface area contributed by atoms with Crippen LogP contribution in [0, 0.1) is 10.1 Å². The summed E-state index contributed by atoms with van der Waals surface area (Å²) in [6.45, 7) is 0.484. The number of hydrogen-bond acceptors (Lipinski definition) is 6. The van der Waals surface area contributed by atoms with E-state index >= 15 is 0 Å². The molecule has 0 fully saturated rings. The molecule has 0 aliphatic heterocycles. The Kier molecular flexibility index (Phi) is 4.35. The van der Waals surface area contributed by atoms with Crippen LogP contribution in [-0.2, 0) is 6.54 Å². The molecule has 0 aliphatic carbocycles. The minimum Gasteiger partial charge on any atom is -0.507 e. The lowest BCUT2D eigenvalue weighted by Crippen LogP contribution is -2.05. The van der Waals surface area contributed by atoms with Crippen LogP contribution in [0.4, 0.5) is 5.69 Å². The Balaban J connectivity index is 2.07. The van der Waals surface area contributed by atoms with Crippen LogP contribution in [0.5, 0.6) is 11.5 Å². The molecule has 7 heteroatoms. The summed E-state index contributed by atoms with van der Waals surface area (Å²) in [5, 5.41) is 33.5. The highest BCUT2D eigenvalue weighted by atomic mass is 16.6. The highest BCUT2D eigenvalue weighted by Crippen LogP contribution is 2.31. The van der Waals surface area contributed by atoms with Gasteiger partial charge in [0.2, 0.25) is 0 Å². The van der Waals surface area contributed by atoms with Crippen molar-refractivity contribution >= 4 is 11.9 Å². The molecule has 108 valence electrons. The molecule has 0 heterocycles. The molecule has 2 rings (SSSR count). The van der Waals surface area contributed by atoms with Crippen molar-refractivity contribution in [2.75, 3.05) is 0 Å². The summed E-state index contributed by atoms with van der Waals surface area (Å²) in [6, 6.07) is 11.5. The number of phenolic OH excluding ortho intramolecular Hbond substituents is 2. The molecule has 3 N–H and O–H groups in total. The fraction of sp³-hybridized carbons (Fsp3) is 0.0714. The van der Waals surface area contributed by atoms with Crippen molar-refractivity contribution < 1.29 is 15.1 Å². The minimum atomic E-state index is -0.733. The van der Waals surface area contributed by atoms with Crippen molar-refractivity contribution in [3.8, 4) is 11.5 Å². The Hall–Kier alpha value is -3.09. The number of nitro benzene ring substituents is 1.